The smallest absolute Gasteiger partial charge is 0.264 e. The minimum absolute atomic E-state index is 0.108. The lowest BCUT2D eigenvalue weighted by Gasteiger charge is -2.23. The number of nitrogens with zero attached hydrogens (tertiary/aromatic N) is 2. The Morgan fingerprint density at radius 2 is 2.07 bits per heavy atom. The van der Waals surface area contributed by atoms with E-state index in [1.165, 1.54) is 43.9 Å². The zero-order valence-corrected chi connectivity index (χ0v) is 16.8. The molecule has 2 fully saturated rings. The SMILES string of the molecule is Cc1c(Cl)cccc1N=C1NC(=O)/C(=C\c2ccn(C3CCCCC3)c2)S1. The third kappa shape index (κ3) is 4.14. The van der Waals surface area contributed by atoms with Crippen LogP contribution in [0.15, 0.2) is 46.6 Å². The summed E-state index contributed by atoms with van der Waals surface area (Å²) in [6.07, 6.45) is 12.7. The van der Waals surface area contributed by atoms with Gasteiger partial charge in [0.1, 0.15) is 0 Å². The summed E-state index contributed by atoms with van der Waals surface area (Å²) in [7, 11) is 0. The predicted molar refractivity (Wildman–Crippen MR) is 114 cm³/mol. The number of aliphatic imine (C=N–C) groups is 1. The van der Waals surface area contributed by atoms with Crippen molar-refractivity contribution in [3.05, 3.63) is 57.7 Å². The van der Waals surface area contributed by atoms with Gasteiger partial charge in [-0.1, -0.05) is 36.9 Å². The molecule has 2 aromatic rings. The fraction of sp³-hybridized carbons (Fsp3) is 0.333. The molecular formula is C21H22ClN3OS. The van der Waals surface area contributed by atoms with E-state index in [1.807, 2.05) is 31.2 Å². The van der Waals surface area contributed by atoms with E-state index in [0.717, 1.165) is 16.8 Å². The van der Waals surface area contributed by atoms with Crippen LogP contribution in [0.1, 0.15) is 49.3 Å². The van der Waals surface area contributed by atoms with Crippen molar-refractivity contribution in [1.29, 1.82) is 0 Å². The summed E-state index contributed by atoms with van der Waals surface area (Å²) in [4.78, 5) is 17.5. The molecule has 2 heterocycles. The van der Waals surface area contributed by atoms with Crippen LogP contribution in [0.3, 0.4) is 0 Å². The van der Waals surface area contributed by atoms with Gasteiger partial charge in [0, 0.05) is 23.5 Å². The molecule has 1 aromatic carbocycles. The molecule has 0 radical (unpaired) electrons. The van der Waals surface area contributed by atoms with Gasteiger partial charge in [0.15, 0.2) is 5.17 Å². The average Bonchev–Trinajstić information content (AvgIpc) is 3.27. The number of benzene rings is 1. The molecule has 1 saturated heterocycles. The Balaban J connectivity index is 1.51. The maximum atomic E-state index is 12.3. The third-order valence-corrected chi connectivity index (χ3v) is 6.46. The Morgan fingerprint density at radius 3 is 2.89 bits per heavy atom. The maximum absolute atomic E-state index is 12.3. The van der Waals surface area contributed by atoms with Gasteiger partial charge in [-0.3, -0.25) is 4.79 Å². The van der Waals surface area contributed by atoms with Crippen molar-refractivity contribution in [2.45, 2.75) is 45.1 Å². The number of hydrogen-bond donors (Lipinski definition) is 1. The number of carbonyl (C=O) groups is 1. The molecule has 27 heavy (non-hydrogen) atoms. The van der Waals surface area contributed by atoms with Gasteiger partial charge >= 0.3 is 0 Å². The molecule has 0 bridgehead atoms. The number of halogens is 1. The summed E-state index contributed by atoms with van der Waals surface area (Å²) in [5, 5.41) is 4.10. The summed E-state index contributed by atoms with van der Waals surface area (Å²) in [5.74, 6) is -0.108. The predicted octanol–water partition coefficient (Wildman–Crippen LogP) is 5.85. The minimum Gasteiger partial charge on any atom is -0.351 e. The van der Waals surface area contributed by atoms with Crippen molar-refractivity contribution in [2.75, 3.05) is 0 Å². The minimum atomic E-state index is -0.108. The molecule has 1 N–H and O–H groups in total. The normalized spacial score (nSPS) is 21.2. The number of thioether (sulfide) groups is 1. The van der Waals surface area contributed by atoms with Crippen LogP contribution < -0.4 is 5.32 Å². The highest BCUT2D eigenvalue weighted by molar-refractivity contribution is 8.18. The first-order chi connectivity index (χ1) is 13.1. The molecule has 2 aliphatic rings. The van der Waals surface area contributed by atoms with E-state index in [0.29, 0.717) is 21.1 Å². The summed E-state index contributed by atoms with van der Waals surface area (Å²) in [6, 6.07) is 8.27. The highest BCUT2D eigenvalue weighted by atomic mass is 35.5. The molecule has 4 nitrogen and oxygen atoms in total. The van der Waals surface area contributed by atoms with Gasteiger partial charge in [0.25, 0.3) is 5.91 Å². The number of amides is 1. The van der Waals surface area contributed by atoms with E-state index in [9.17, 15) is 4.79 Å². The van der Waals surface area contributed by atoms with Gasteiger partial charge in [-0.25, -0.2) is 4.99 Å². The van der Waals surface area contributed by atoms with E-state index >= 15 is 0 Å². The van der Waals surface area contributed by atoms with Gasteiger partial charge < -0.3 is 9.88 Å². The Bertz CT molecular complexity index is 925. The van der Waals surface area contributed by atoms with Gasteiger partial charge in [-0.05, 0) is 66.9 Å². The molecule has 1 aliphatic carbocycles. The Labute approximate surface area is 168 Å². The topological polar surface area (TPSA) is 46.4 Å². The highest BCUT2D eigenvalue weighted by Crippen LogP contribution is 2.32. The number of aromatic nitrogens is 1. The van der Waals surface area contributed by atoms with Crippen LogP contribution in [0.4, 0.5) is 5.69 Å². The molecule has 1 aromatic heterocycles. The molecular weight excluding hydrogens is 378 g/mol. The lowest BCUT2D eigenvalue weighted by molar-refractivity contribution is -0.115. The third-order valence-electron chi connectivity index (χ3n) is 5.14. The number of carbonyl (C=O) groups excluding carboxylic acids is 1. The van der Waals surface area contributed by atoms with Crippen molar-refractivity contribution >= 4 is 46.2 Å². The lowest BCUT2D eigenvalue weighted by atomic mass is 9.95. The Kier molecular flexibility index (Phi) is 5.41. The van der Waals surface area contributed by atoms with Crippen LogP contribution in [0.5, 0.6) is 0 Å². The zero-order valence-electron chi connectivity index (χ0n) is 15.2. The Hall–Kier alpha value is -1.98. The second-order valence-electron chi connectivity index (χ2n) is 7.05. The average molecular weight is 400 g/mol. The van der Waals surface area contributed by atoms with E-state index in [2.05, 4.69) is 33.3 Å². The zero-order chi connectivity index (χ0) is 18.8. The van der Waals surface area contributed by atoms with Crippen LogP contribution >= 0.6 is 23.4 Å². The summed E-state index contributed by atoms with van der Waals surface area (Å²) < 4.78 is 2.30. The number of nitrogens with one attached hydrogen (secondary N) is 1. The van der Waals surface area contributed by atoms with Crippen molar-refractivity contribution in [2.24, 2.45) is 4.99 Å². The quantitative estimate of drug-likeness (QED) is 0.658. The molecule has 1 aliphatic heterocycles. The Morgan fingerprint density at radius 1 is 1.26 bits per heavy atom. The van der Waals surface area contributed by atoms with E-state index in [4.69, 9.17) is 11.6 Å². The van der Waals surface area contributed by atoms with E-state index < -0.39 is 0 Å². The monoisotopic (exact) mass is 399 g/mol. The fourth-order valence-corrected chi connectivity index (χ4v) is 4.58. The van der Waals surface area contributed by atoms with Crippen molar-refractivity contribution < 1.29 is 4.79 Å². The van der Waals surface area contributed by atoms with Crippen LogP contribution in [0.25, 0.3) is 6.08 Å². The summed E-state index contributed by atoms with van der Waals surface area (Å²) in [6.45, 7) is 1.92. The van der Waals surface area contributed by atoms with Crippen LogP contribution in [-0.4, -0.2) is 15.6 Å². The number of hydrogen-bond acceptors (Lipinski definition) is 3. The molecule has 4 rings (SSSR count). The molecule has 1 amide bonds. The van der Waals surface area contributed by atoms with Gasteiger partial charge in [-0.2, -0.15) is 0 Å². The van der Waals surface area contributed by atoms with Gasteiger partial charge in [-0.15, -0.1) is 0 Å². The van der Waals surface area contributed by atoms with Crippen molar-refractivity contribution in [1.82, 2.24) is 9.88 Å². The van der Waals surface area contributed by atoms with Crippen LogP contribution in [-0.2, 0) is 4.79 Å². The first-order valence-electron chi connectivity index (χ1n) is 9.32. The highest BCUT2D eigenvalue weighted by Gasteiger charge is 2.24. The molecule has 140 valence electrons. The molecule has 0 spiro atoms. The number of rotatable bonds is 3. The lowest BCUT2D eigenvalue weighted by Crippen LogP contribution is -2.19. The standard InChI is InChI=1S/C21H22ClN3OS/c1-14-17(22)8-5-9-18(14)23-21-24-20(26)19(27-21)12-15-10-11-25(13-15)16-6-3-2-4-7-16/h5,8-13,16H,2-4,6-7H2,1H3,(H,23,24,26)/b19-12+. The molecule has 0 atom stereocenters. The van der Waals surface area contributed by atoms with Crippen LogP contribution in [0, 0.1) is 6.92 Å². The number of amidine groups is 1. The second kappa shape index (κ2) is 7.95. The molecule has 6 heteroatoms. The van der Waals surface area contributed by atoms with Crippen molar-refractivity contribution in [3.8, 4) is 0 Å². The molecule has 1 saturated carbocycles. The molecule has 0 unspecified atom stereocenters. The maximum Gasteiger partial charge on any atom is 0.264 e. The van der Waals surface area contributed by atoms with Crippen LogP contribution in [0.2, 0.25) is 5.02 Å². The van der Waals surface area contributed by atoms with E-state index in [1.54, 1.807) is 0 Å². The first kappa shape index (κ1) is 18.4. The summed E-state index contributed by atoms with van der Waals surface area (Å²) >= 11 is 7.52. The van der Waals surface area contributed by atoms with Gasteiger partial charge in [0.05, 0.1) is 10.6 Å². The van der Waals surface area contributed by atoms with E-state index in [-0.39, 0.29) is 5.91 Å². The van der Waals surface area contributed by atoms with Crippen molar-refractivity contribution in [3.63, 3.8) is 0 Å². The summed E-state index contributed by atoms with van der Waals surface area (Å²) in [5.41, 5.74) is 2.73. The largest absolute Gasteiger partial charge is 0.351 e. The van der Waals surface area contributed by atoms with Gasteiger partial charge in [0.2, 0.25) is 0 Å². The second-order valence-corrected chi connectivity index (χ2v) is 8.49. The fourth-order valence-electron chi connectivity index (χ4n) is 3.58. The first-order valence-corrected chi connectivity index (χ1v) is 10.5.